The highest BCUT2D eigenvalue weighted by Gasteiger charge is 2.46. The fourth-order valence-corrected chi connectivity index (χ4v) is 8.42. The molecule has 1 unspecified atom stereocenters. The molecule has 1 atom stereocenters. The second-order valence-electron chi connectivity index (χ2n) is 22.4. The molecule has 0 fully saturated rings. The van der Waals surface area contributed by atoms with Crippen LogP contribution >= 0.6 is 0 Å². The van der Waals surface area contributed by atoms with Crippen molar-refractivity contribution in [2.75, 3.05) is 13.2 Å². The molecular formula is C56H88FNO4. The van der Waals surface area contributed by atoms with Crippen molar-refractivity contribution in [3.8, 4) is 17.2 Å². The Labute approximate surface area is 378 Å². The summed E-state index contributed by atoms with van der Waals surface area (Å²) in [6, 6.07) is 12.3. The van der Waals surface area contributed by atoms with E-state index in [2.05, 4.69) is 135 Å². The van der Waals surface area contributed by atoms with Crippen molar-refractivity contribution in [2.45, 2.75) is 221 Å². The van der Waals surface area contributed by atoms with Gasteiger partial charge in [0.25, 0.3) is 0 Å². The van der Waals surface area contributed by atoms with Gasteiger partial charge in [0.1, 0.15) is 17.1 Å². The second-order valence-corrected chi connectivity index (χ2v) is 22.4. The highest BCUT2D eigenvalue weighted by molar-refractivity contribution is 5.83. The number of benzene rings is 3. The highest BCUT2D eigenvalue weighted by Crippen LogP contribution is 2.49. The molecule has 0 aromatic heterocycles. The Bertz CT molecular complexity index is 1710. The number of phenolic OH excluding ortho intramolecular Hbond substituents is 1. The average molecular weight is 858 g/mol. The molecule has 0 saturated carbocycles. The van der Waals surface area contributed by atoms with E-state index in [-0.39, 0.29) is 33.1 Å². The molecule has 3 aromatic carbocycles. The van der Waals surface area contributed by atoms with E-state index in [0.29, 0.717) is 13.2 Å². The summed E-state index contributed by atoms with van der Waals surface area (Å²) in [6.07, 6.45) is 15.7. The van der Waals surface area contributed by atoms with Crippen LogP contribution in [0.25, 0.3) is 0 Å². The lowest BCUT2D eigenvalue weighted by Crippen LogP contribution is -2.44. The van der Waals surface area contributed by atoms with Crippen LogP contribution in [0.2, 0.25) is 0 Å². The van der Waals surface area contributed by atoms with Gasteiger partial charge >= 0.3 is 0 Å². The number of phenols is 1. The quantitative estimate of drug-likeness (QED) is 0.0780. The first-order valence-electron chi connectivity index (χ1n) is 24.2. The van der Waals surface area contributed by atoms with Crippen molar-refractivity contribution < 1.29 is 24.1 Å². The van der Waals surface area contributed by atoms with Crippen LogP contribution < -0.4 is 9.47 Å². The summed E-state index contributed by atoms with van der Waals surface area (Å²) in [5.41, 5.74) is 2.80. The zero-order valence-electron chi connectivity index (χ0n) is 42.2. The molecule has 0 aliphatic heterocycles. The summed E-state index contributed by atoms with van der Waals surface area (Å²) in [6.45, 7) is 36.4. The molecule has 0 heterocycles. The monoisotopic (exact) mass is 858 g/mol. The summed E-state index contributed by atoms with van der Waals surface area (Å²) in [7, 11) is 0. The molecule has 0 saturated heterocycles. The van der Waals surface area contributed by atoms with Gasteiger partial charge in [0.2, 0.25) is 0 Å². The molecule has 0 bridgehead atoms. The second kappa shape index (κ2) is 22.5. The van der Waals surface area contributed by atoms with Gasteiger partial charge in [-0.25, -0.2) is 4.39 Å². The number of aliphatic hydroxyl groups is 1. The number of para-hydroxylation sites is 1. The van der Waals surface area contributed by atoms with Gasteiger partial charge in [-0.1, -0.05) is 181 Å². The number of hydrogen-bond donors (Lipinski definition) is 2. The van der Waals surface area contributed by atoms with Gasteiger partial charge < -0.3 is 19.7 Å². The fourth-order valence-electron chi connectivity index (χ4n) is 8.42. The van der Waals surface area contributed by atoms with E-state index in [1.165, 1.54) is 63.6 Å². The lowest BCUT2D eigenvalue weighted by molar-refractivity contribution is 0.0359. The van der Waals surface area contributed by atoms with Crippen LogP contribution in [-0.4, -0.2) is 35.7 Å². The molecule has 3 rings (SSSR count). The third-order valence-corrected chi connectivity index (χ3v) is 12.2. The third-order valence-electron chi connectivity index (χ3n) is 12.2. The number of nitrogens with zero attached hydrogens (tertiary/aromatic N) is 1. The van der Waals surface area contributed by atoms with Crippen LogP contribution in [0.4, 0.5) is 4.39 Å². The van der Waals surface area contributed by atoms with E-state index in [0.717, 1.165) is 70.6 Å². The Kier molecular flexibility index (Phi) is 19.2. The summed E-state index contributed by atoms with van der Waals surface area (Å²) in [5.74, 6) is 0.418. The average Bonchev–Trinajstić information content (AvgIpc) is 3.16. The Morgan fingerprint density at radius 2 is 0.935 bits per heavy atom. The van der Waals surface area contributed by atoms with E-state index >= 15 is 0 Å². The predicted molar refractivity (Wildman–Crippen MR) is 263 cm³/mol. The van der Waals surface area contributed by atoms with E-state index < -0.39 is 23.2 Å². The van der Waals surface area contributed by atoms with Gasteiger partial charge in [-0.3, -0.25) is 4.99 Å². The predicted octanol–water partition coefficient (Wildman–Crippen LogP) is 15.6. The summed E-state index contributed by atoms with van der Waals surface area (Å²) >= 11 is 0. The maximum atomic E-state index is 14.7. The van der Waals surface area contributed by atoms with Crippen molar-refractivity contribution in [3.63, 3.8) is 0 Å². The van der Waals surface area contributed by atoms with Crippen LogP contribution in [0.3, 0.4) is 0 Å². The van der Waals surface area contributed by atoms with Gasteiger partial charge in [-0.05, 0) is 87.9 Å². The zero-order chi connectivity index (χ0) is 46.7. The minimum Gasteiger partial charge on any atom is -0.504 e. The lowest BCUT2D eigenvalue weighted by atomic mass is 9.69. The van der Waals surface area contributed by atoms with Gasteiger partial charge in [-0.15, -0.1) is 0 Å². The van der Waals surface area contributed by atoms with Gasteiger partial charge in [-0.2, -0.15) is 0 Å². The molecule has 348 valence electrons. The maximum absolute atomic E-state index is 14.7. The molecule has 0 aliphatic carbocycles. The molecule has 0 amide bonds. The topological polar surface area (TPSA) is 71.3 Å². The molecular weight excluding hydrogens is 770 g/mol. The highest BCUT2D eigenvalue weighted by atomic mass is 19.1. The van der Waals surface area contributed by atoms with Crippen molar-refractivity contribution in [1.82, 2.24) is 0 Å². The van der Waals surface area contributed by atoms with Crippen molar-refractivity contribution in [1.29, 1.82) is 0 Å². The van der Waals surface area contributed by atoms with Gasteiger partial charge in [0.15, 0.2) is 11.6 Å². The normalized spacial score (nSPS) is 13.7. The third kappa shape index (κ3) is 14.1. The molecule has 2 N–H and O–H groups in total. The largest absolute Gasteiger partial charge is 0.504 e. The Hall–Kier alpha value is -3.38. The summed E-state index contributed by atoms with van der Waals surface area (Å²) < 4.78 is 28.4. The van der Waals surface area contributed by atoms with Crippen LogP contribution in [0.5, 0.6) is 17.2 Å². The summed E-state index contributed by atoms with van der Waals surface area (Å²) in [4.78, 5) is 5.15. The number of ether oxygens (including phenoxy) is 2. The van der Waals surface area contributed by atoms with Crippen molar-refractivity contribution in [2.24, 2.45) is 10.9 Å². The van der Waals surface area contributed by atoms with Gasteiger partial charge in [0, 0.05) is 34.0 Å². The molecule has 6 heteroatoms. The van der Waals surface area contributed by atoms with Crippen LogP contribution in [-0.2, 0) is 27.3 Å². The first-order valence-corrected chi connectivity index (χ1v) is 24.2. The van der Waals surface area contributed by atoms with Crippen molar-refractivity contribution >= 4 is 6.21 Å². The Morgan fingerprint density at radius 3 is 1.27 bits per heavy atom. The smallest absolute Gasteiger partial charge is 0.165 e. The number of aromatic hydroxyl groups is 1. The van der Waals surface area contributed by atoms with E-state index in [1.807, 2.05) is 0 Å². The first kappa shape index (κ1) is 53.0. The molecule has 0 radical (unpaired) electrons. The lowest BCUT2D eigenvalue weighted by Gasteiger charge is -2.41. The van der Waals surface area contributed by atoms with Crippen LogP contribution in [0.1, 0.15) is 227 Å². The Balaban J connectivity index is 2.48. The number of rotatable bonds is 22. The Morgan fingerprint density at radius 1 is 0.581 bits per heavy atom. The number of aliphatic imine (C=N–C) groups is 1. The zero-order valence-corrected chi connectivity index (χ0v) is 42.2. The number of hydrogen-bond acceptors (Lipinski definition) is 5. The van der Waals surface area contributed by atoms with E-state index in [4.69, 9.17) is 14.5 Å². The molecule has 5 nitrogen and oxygen atoms in total. The number of unbranched alkanes of at least 4 members (excludes halogenated alkanes) is 10. The van der Waals surface area contributed by atoms with Crippen LogP contribution in [0.15, 0.2) is 47.5 Å². The first-order chi connectivity index (χ1) is 28.8. The summed E-state index contributed by atoms with van der Waals surface area (Å²) in [5, 5.41) is 25.0. The SMILES string of the molecule is CCCCCCCCOc1c(C(C)(C)C)cc(C(O)(c2cc(C(C)(C)C)c(OCCCCCCCC)c(C(C)(C)C)c2)C(N=Cc2cccc(F)c2O)C(C)C)cc1C(C)(C)C. The van der Waals surface area contributed by atoms with Crippen molar-refractivity contribution in [3.05, 3.63) is 87.2 Å². The van der Waals surface area contributed by atoms with Gasteiger partial charge in [0.05, 0.1) is 19.3 Å². The standard InChI is InChI=1S/C56H88FNO4/c1-17-19-21-23-25-27-32-61-49-43(52(5,6)7)34-41(35-44(49)53(8,9)10)56(60,51(39(3)4)58-38-40-30-29-31-47(57)48(40)59)42-36-45(54(11,12)13)50(46(37-42)55(14,15)16)62-33-28-26-24-22-20-18-2/h29-31,34-39,51,59-60H,17-28,32-33H2,1-16H3. The molecule has 0 aliphatic rings. The fraction of sp³-hybridized carbons (Fsp3) is 0.661. The maximum Gasteiger partial charge on any atom is 0.165 e. The molecule has 0 spiro atoms. The number of halogens is 1. The minimum absolute atomic E-state index is 0.188. The minimum atomic E-state index is -1.69. The molecule has 3 aromatic rings. The van der Waals surface area contributed by atoms with E-state index in [9.17, 15) is 14.6 Å². The molecule has 62 heavy (non-hydrogen) atoms. The van der Waals surface area contributed by atoms with E-state index in [1.54, 1.807) is 12.1 Å². The van der Waals surface area contributed by atoms with Crippen LogP contribution in [0, 0.1) is 11.7 Å².